The van der Waals surface area contributed by atoms with Crippen LogP contribution in [0.4, 0.5) is 0 Å². The lowest BCUT2D eigenvalue weighted by Gasteiger charge is -2.19. The molecule has 0 amide bonds. The van der Waals surface area contributed by atoms with Crippen molar-refractivity contribution in [1.29, 1.82) is 0 Å². The number of hydrogen-bond acceptors (Lipinski definition) is 4. The van der Waals surface area contributed by atoms with E-state index in [1.807, 2.05) is 17.7 Å². The molecule has 1 saturated heterocycles. The number of nitrogens with zero attached hydrogens (tertiary/aromatic N) is 2. The molecule has 0 saturated carbocycles. The van der Waals surface area contributed by atoms with Crippen molar-refractivity contribution in [2.75, 3.05) is 19.8 Å². The third-order valence-corrected chi connectivity index (χ3v) is 3.24. The molecule has 0 spiro atoms. The molecular formula is C13H20N2O3. The monoisotopic (exact) mass is 252 g/mol. The molecule has 1 aromatic heterocycles. The van der Waals surface area contributed by atoms with Crippen molar-refractivity contribution in [1.82, 2.24) is 9.78 Å². The summed E-state index contributed by atoms with van der Waals surface area (Å²) in [5.74, 6) is -0.329. The van der Waals surface area contributed by atoms with Gasteiger partial charge in [0.05, 0.1) is 25.7 Å². The number of hydrogen-bond donors (Lipinski definition) is 0. The molecule has 1 aliphatic rings. The minimum Gasteiger partial charge on any atom is -0.466 e. The number of aromatic nitrogens is 2. The van der Waals surface area contributed by atoms with Gasteiger partial charge in [0.15, 0.2) is 0 Å². The van der Waals surface area contributed by atoms with Gasteiger partial charge in [-0.3, -0.25) is 9.48 Å². The average molecular weight is 252 g/mol. The molecule has 5 nitrogen and oxygen atoms in total. The van der Waals surface area contributed by atoms with Crippen LogP contribution in [0.5, 0.6) is 0 Å². The van der Waals surface area contributed by atoms with Crippen molar-refractivity contribution >= 4 is 5.97 Å². The Morgan fingerprint density at radius 2 is 2.39 bits per heavy atom. The lowest BCUT2D eigenvalue weighted by molar-refractivity contribution is -0.148. The number of ether oxygens (including phenoxy) is 2. The van der Waals surface area contributed by atoms with Gasteiger partial charge in [0.2, 0.25) is 0 Å². The summed E-state index contributed by atoms with van der Waals surface area (Å²) in [7, 11) is 0. The third-order valence-electron chi connectivity index (χ3n) is 3.24. The van der Waals surface area contributed by atoms with Gasteiger partial charge in [0.1, 0.15) is 0 Å². The van der Waals surface area contributed by atoms with Crippen LogP contribution in [0, 0.1) is 5.92 Å². The van der Waals surface area contributed by atoms with E-state index in [0.717, 1.165) is 5.69 Å². The normalized spacial score (nSPS) is 23.6. The summed E-state index contributed by atoms with van der Waals surface area (Å²) < 4.78 is 12.5. The van der Waals surface area contributed by atoms with Crippen LogP contribution in [0.15, 0.2) is 12.3 Å². The Morgan fingerprint density at radius 1 is 1.61 bits per heavy atom. The summed E-state index contributed by atoms with van der Waals surface area (Å²) in [4.78, 5) is 11.9. The van der Waals surface area contributed by atoms with Crippen LogP contribution in [0.2, 0.25) is 0 Å². The highest BCUT2D eigenvalue weighted by Crippen LogP contribution is 2.32. The zero-order chi connectivity index (χ0) is 13.1. The standard InChI is InChI=1S/C13H20N2O3/c1-4-18-13(16)11-8-17-7-10(11)12-5-6-14-15(12)9(2)3/h5-6,9-11H,4,7-8H2,1-3H3. The summed E-state index contributed by atoms with van der Waals surface area (Å²) in [6.07, 6.45) is 1.77. The van der Waals surface area contributed by atoms with Gasteiger partial charge in [0.25, 0.3) is 0 Å². The fraction of sp³-hybridized carbons (Fsp3) is 0.692. The van der Waals surface area contributed by atoms with Gasteiger partial charge >= 0.3 is 5.97 Å². The van der Waals surface area contributed by atoms with E-state index in [0.29, 0.717) is 19.8 Å². The first-order chi connectivity index (χ1) is 8.65. The van der Waals surface area contributed by atoms with E-state index >= 15 is 0 Å². The molecular weight excluding hydrogens is 232 g/mol. The molecule has 100 valence electrons. The fourth-order valence-electron chi connectivity index (χ4n) is 2.38. The Bertz CT molecular complexity index is 414. The van der Waals surface area contributed by atoms with Crippen LogP contribution >= 0.6 is 0 Å². The van der Waals surface area contributed by atoms with Gasteiger partial charge in [0, 0.05) is 23.9 Å². The first kappa shape index (κ1) is 13.1. The zero-order valence-corrected chi connectivity index (χ0v) is 11.1. The van der Waals surface area contributed by atoms with E-state index in [1.165, 1.54) is 0 Å². The molecule has 0 aromatic carbocycles. The van der Waals surface area contributed by atoms with E-state index in [9.17, 15) is 4.79 Å². The Balaban J connectivity index is 2.20. The van der Waals surface area contributed by atoms with E-state index in [2.05, 4.69) is 18.9 Å². The van der Waals surface area contributed by atoms with Gasteiger partial charge in [-0.05, 0) is 26.8 Å². The maximum absolute atomic E-state index is 11.9. The largest absolute Gasteiger partial charge is 0.466 e. The molecule has 1 fully saturated rings. The molecule has 2 rings (SSSR count). The van der Waals surface area contributed by atoms with Crippen molar-refractivity contribution < 1.29 is 14.3 Å². The fourth-order valence-corrected chi connectivity index (χ4v) is 2.38. The SMILES string of the molecule is CCOC(=O)C1COCC1c1ccnn1C(C)C. The molecule has 0 aliphatic carbocycles. The highest BCUT2D eigenvalue weighted by atomic mass is 16.5. The van der Waals surface area contributed by atoms with E-state index < -0.39 is 0 Å². The highest BCUT2D eigenvalue weighted by Gasteiger charge is 2.38. The molecule has 1 aromatic rings. The average Bonchev–Trinajstić information content (AvgIpc) is 2.97. The van der Waals surface area contributed by atoms with E-state index in [1.54, 1.807) is 6.20 Å². The Kier molecular flexibility index (Phi) is 4.01. The van der Waals surface area contributed by atoms with Crippen LogP contribution in [-0.2, 0) is 14.3 Å². The number of carbonyl (C=O) groups is 1. The summed E-state index contributed by atoms with van der Waals surface area (Å²) in [5.41, 5.74) is 1.06. The molecule has 1 aliphatic heterocycles. The number of carbonyl (C=O) groups excluding carboxylic acids is 1. The maximum atomic E-state index is 11.9. The lowest BCUT2D eigenvalue weighted by Crippen LogP contribution is -2.25. The Labute approximate surface area is 107 Å². The molecule has 18 heavy (non-hydrogen) atoms. The summed E-state index contributed by atoms with van der Waals surface area (Å²) in [6, 6.07) is 2.24. The summed E-state index contributed by atoms with van der Waals surface area (Å²) in [6.45, 7) is 7.37. The van der Waals surface area contributed by atoms with Crippen molar-refractivity contribution in [3.05, 3.63) is 18.0 Å². The quantitative estimate of drug-likeness (QED) is 0.766. The molecule has 0 bridgehead atoms. The minimum atomic E-state index is -0.209. The van der Waals surface area contributed by atoms with E-state index in [4.69, 9.17) is 9.47 Å². The predicted octanol–water partition coefficient (Wildman–Crippen LogP) is 1.76. The highest BCUT2D eigenvalue weighted by molar-refractivity contribution is 5.74. The second-order valence-corrected chi connectivity index (χ2v) is 4.80. The lowest BCUT2D eigenvalue weighted by atomic mass is 9.92. The van der Waals surface area contributed by atoms with Crippen LogP contribution in [0.1, 0.15) is 38.4 Å². The van der Waals surface area contributed by atoms with Crippen molar-refractivity contribution in [3.63, 3.8) is 0 Å². The van der Waals surface area contributed by atoms with E-state index in [-0.39, 0.29) is 23.8 Å². The molecule has 0 N–H and O–H groups in total. The second-order valence-electron chi connectivity index (χ2n) is 4.80. The smallest absolute Gasteiger partial charge is 0.312 e. The van der Waals surface area contributed by atoms with Gasteiger partial charge in [-0.1, -0.05) is 0 Å². The number of esters is 1. The van der Waals surface area contributed by atoms with Crippen molar-refractivity contribution in [2.24, 2.45) is 5.92 Å². The predicted molar refractivity (Wildman–Crippen MR) is 66.3 cm³/mol. The van der Waals surface area contributed by atoms with Gasteiger partial charge < -0.3 is 9.47 Å². The molecule has 2 unspecified atom stereocenters. The first-order valence-corrected chi connectivity index (χ1v) is 6.43. The Hall–Kier alpha value is -1.36. The van der Waals surface area contributed by atoms with Crippen LogP contribution in [0.25, 0.3) is 0 Å². The summed E-state index contributed by atoms with van der Waals surface area (Å²) in [5, 5.41) is 4.31. The Morgan fingerprint density at radius 3 is 3.06 bits per heavy atom. The molecule has 5 heteroatoms. The van der Waals surface area contributed by atoms with Crippen LogP contribution in [0.3, 0.4) is 0 Å². The topological polar surface area (TPSA) is 53.4 Å². The molecule has 2 atom stereocenters. The minimum absolute atomic E-state index is 0.0500. The van der Waals surface area contributed by atoms with Gasteiger partial charge in [-0.25, -0.2) is 0 Å². The first-order valence-electron chi connectivity index (χ1n) is 6.43. The van der Waals surface area contributed by atoms with Gasteiger partial charge in [-0.15, -0.1) is 0 Å². The van der Waals surface area contributed by atoms with Gasteiger partial charge in [-0.2, -0.15) is 5.10 Å². The molecule has 2 heterocycles. The maximum Gasteiger partial charge on any atom is 0.312 e. The van der Waals surface area contributed by atoms with Crippen LogP contribution < -0.4 is 0 Å². The third kappa shape index (κ3) is 2.41. The van der Waals surface area contributed by atoms with Crippen molar-refractivity contribution in [3.8, 4) is 0 Å². The van der Waals surface area contributed by atoms with Crippen molar-refractivity contribution in [2.45, 2.75) is 32.7 Å². The summed E-state index contributed by atoms with van der Waals surface area (Å²) >= 11 is 0. The zero-order valence-electron chi connectivity index (χ0n) is 11.1. The number of rotatable bonds is 4. The van der Waals surface area contributed by atoms with Crippen LogP contribution in [-0.4, -0.2) is 35.6 Å². The molecule has 0 radical (unpaired) electrons. The second kappa shape index (κ2) is 5.52.